The summed E-state index contributed by atoms with van der Waals surface area (Å²) in [6.45, 7) is 2.96. The lowest BCUT2D eigenvalue weighted by Crippen LogP contribution is -2.43. The number of carbonyl (C=O) groups is 1. The summed E-state index contributed by atoms with van der Waals surface area (Å²) in [7, 11) is 1.55. The largest absolute Gasteiger partial charge is 0.413 e. The van der Waals surface area contributed by atoms with Crippen molar-refractivity contribution >= 4 is 17.7 Å². The lowest BCUT2D eigenvalue weighted by molar-refractivity contribution is 0.167. The third kappa shape index (κ3) is 5.55. The maximum atomic E-state index is 12.2. The molecular weight excluding hydrogens is 484 g/mol. The number of nitrogens with one attached hydrogen (secondary N) is 1. The van der Waals surface area contributed by atoms with Gasteiger partial charge in [-0.1, -0.05) is 84.4 Å². The van der Waals surface area contributed by atoms with Gasteiger partial charge in [0.05, 0.1) is 12.9 Å². The van der Waals surface area contributed by atoms with Crippen LogP contribution in [0.15, 0.2) is 91.3 Å². The van der Waals surface area contributed by atoms with Crippen molar-refractivity contribution in [2.24, 2.45) is 0 Å². The molecule has 3 aromatic carbocycles. The van der Waals surface area contributed by atoms with Crippen molar-refractivity contribution in [2.75, 3.05) is 20.1 Å². The van der Waals surface area contributed by atoms with Crippen LogP contribution in [-0.4, -0.2) is 40.7 Å². The Kier molecular flexibility index (Phi) is 7.58. The molecule has 0 bridgehead atoms. The summed E-state index contributed by atoms with van der Waals surface area (Å²) in [4.78, 5) is 19.2. The SMILES string of the molecule is CNC(=O)Oc1c(CN2CCC(c3ccccc3)(c3ccccc3)CC2)ncn1Cc1ccc(Cl)cc1. The lowest BCUT2D eigenvalue weighted by atomic mass is 9.68. The van der Waals surface area contributed by atoms with Crippen LogP contribution < -0.4 is 10.1 Å². The molecule has 1 aliphatic heterocycles. The zero-order valence-corrected chi connectivity index (χ0v) is 21.7. The number of imidazole rings is 1. The van der Waals surface area contributed by atoms with E-state index in [9.17, 15) is 4.79 Å². The topological polar surface area (TPSA) is 59.4 Å². The highest BCUT2D eigenvalue weighted by molar-refractivity contribution is 6.30. The second-order valence-corrected chi connectivity index (χ2v) is 9.92. The first-order chi connectivity index (χ1) is 18.1. The van der Waals surface area contributed by atoms with Crippen molar-refractivity contribution in [3.8, 4) is 5.88 Å². The maximum absolute atomic E-state index is 12.2. The van der Waals surface area contributed by atoms with Crippen molar-refractivity contribution in [1.82, 2.24) is 19.8 Å². The maximum Gasteiger partial charge on any atom is 0.413 e. The van der Waals surface area contributed by atoms with Crippen LogP contribution in [0.25, 0.3) is 0 Å². The Labute approximate surface area is 222 Å². The van der Waals surface area contributed by atoms with Crippen LogP contribution in [0.4, 0.5) is 4.79 Å². The summed E-state index contributed by atoms with van der Waals surface area (Å²) >= 11 is 6.04. The molecule has 0 atom stereocenters. The predicted octanol–water partition coefficient (Wildman–Crippen LogP) is 5.89. The quantitative estimate of drug-likeness (QED) is 0.334. The molecule has 0 aliphatic carbocycles. The van der Waals surface area contributed by atoms with Crippen LogP contribution in [0.5, 0.6) is 5.88 Å². The van der Waals surface area contributed by atoms with E-state index in [1.807, 2.05) is 28.8 Å². The normalized spacial score (nSPS) is 15.3. The van der Waals surface area contributed by atoms with Gasteiger partial charge >= 0.3 is 6.09 Å². The van der Waals surface area contributed by atoms with E-state index in [4.69, 9.17) is 16.3 Å². The Balaban J connectivity index is 1.36. The molecule has 0 radical (unpaired) electrons. The van der Waals surface area contributed by atoms with E-state index in [-0.39, 0.29) is 5.41 Å². The van der Waals surface area contributed by atoms with E-state index < -0.39 is 6.09 Å². The summed E-state index contributed by atoms with van der Waals surface area (Å²) in [5.74, 6) is 0.470. The number of hydrogen-bond donors (Lipinski definition) is 1. The van der Waals surface area contributed by atoms with E-state index >= 15 is 0 Å². The van der Waals surface area contributed by atoms with Gasteiger partial charge in [-0.05, 0) is 54.8 Å². The summed E-state index contributed by atoms with van der Waals surface area (Å²) in [5, 5.41) is 3.23. The van der Waals surface area contributed by atoms with Gasteiger partial charge in [0.15, 0.2) is 0 Å². The second-order valence-electron chi connectivity index (χ2n) is 9.48. The zero-order chi connectivity index (χ0) is 25.7. The van der Waals surface area contributed by atoms with Crippen LogP contribution >= 0.6 is 11.6 Å². The van der Waals surface area contributed by atoms with Gasteiger partial charge in [-0.25, -0.2) is 9.78 Å². The highest BCUT2D eigenvalue weighted by atomic mass is 35.5. The summed E-state index contributed by atoms with van der Waals surface area (Å²) in [6.07, 6.45) is 3.23. The Morgan fingerprint density at radius 2 is 1.51 bits per heavy atom. The number of carbonyl (C=O) groups excluding carboxylic acids is 1. The van der Waals surface area contributed by atoms with E-state index in [1.54, 1.807) is 13.4 Å². The molecule has 1 fully saturated rings. The number of nitrogens with zero attached hydrogens (tertiary/aromatic N) is 3. The summed E-state index contributed by atoms with van der Waals surface area (Å²) in [5.41, 5.74) is 4.50. The molecule has 2 heterocycles. The highest BCUT2D eigenvalue weighted by Gasteiger charge is 2.38. The first-order valence-corrected chi connectivity index (χ1v) is 13.0. The van der Waals surface area contributed by atoms with Crippen molar-refractivity contribution in [2.45, 2.75) is 31.3 Å². The van der Waals surface area contributed by atoms with E-state index in [2.05, 4.69) is 75.9 Å². The number of piperidine rings is 1. The smallest absolute Gasteiger partial charge is 0.391 e. The van der Waals surface area contributed by atoms with Crippen molar-refractivity contribution in [3.05, 3.63) is 119 Å². The first kappa shape index (κ1) is 25.1. The Morgan fingerprint density at radius 1 is 0.919 bits per heavy atom. The van der Waals surface area contributed by atoms with Gasteiger partial charge in [-0.2, -0.15) is 0 Å². The molecule has 1 N–H and O–H groups in total. The standard InChI is InChI=1S/C30H31ClN4O2/c1-32-29(36)37-28-27(33-22-35(28)20-23-12-14-26(31)15-13-23)21-34-18-16-30(17-19-34,24-8-4-2-5-9-24)25-10-6-3-7-11-25/h2-15,22H,16-21H2,1H3,(H,32,36). The second kappa shape index (κ2) is 11.2. The minimum absolute atomic E-state index is 0.0195. The Hall–Kier alpha value is -3.61. The molecule has 4 aromatic rings. The third-order valence-corrected chi connectivity index (χ3v) is 7.51. The van der Waals surface area contributed by atoms with Crippen LogP contribution in [0.2, 0.25) is 5.02 Å². The number of likely N-dealkylation sites (tertiary alicyclic amines) is 1. The molecule has 0 spiro atoms. The first-order valence-electron chi connectivity index (χ1n) is 12.6. The minimum Gasteiger partial charge on any atom is -0.391 e. The third-order valence-electron chi connectivity index (χ3n) is 7.26. The fraction of sp³-hybridized carbons (Fsp3) is 0.267. The van der Waals surface area contributed by atoms with E-state index in [1.165, 1.54) is 11.1 Å². The molecule has 0 saturated carbocycles. The van der Waals surface area contributed by atoms with Crippen molar-refractivity contribution < 1.29 is 9.53 Å². The van der Waals surface area contributed by atoms with Crippen LogP contribution in [0.1, 0.15) is 35.2 Å². The van der Waals surface area contributed by atoms with Gasteiger partial charge in [-0.15, -0.1) is 0 Å². The van der Waals surface area contributed by atoms with Gasteiger partial charge in [0.25, 0.3) is 0 Å². The van der Waals surface area contributed by atoms with Crippen molar-refractivity contribution in [1.29, 1.82) is 0 Å². The van der Waals surface area contributed by atoms with Gasteiger partial charge in [0.2, 0.25) is 5.88 Å². The average molecular weight is 515 g/mol. The lowest BCUT2D eigenvalue weighted by Gasteiger charge is -2.42. The van der Waals surface area contributed by atoms with Crippen LogP contribution in [-0.2, 0) is 18.5 Å². The number of benzene rings is 3. The van der Waals surface area contributed by atoms with Gasteiger partial charge < -0.3 is 10.1 Å². The molecule has 1 saturated heterocycles. The van der Waals surface area contributed by atoms with Crippen molar-refractivity contribution in [3.63, 3.8) is 0 Å². The fourth-order valence-electron chi connectivity index (χ4n) is 5.24. The minimum atomic E-state index is -0.509. The number of amides is 1. The van der Waals surface area contributed by atoms with Gasteiger partial charge in [0, 0.05) is 24.0 Å². The molecule has 1 aromatic heterocycles. The van der Waals surface area contributed by atoms with E-state index in [0.717, 1.165) is 37.2 Å². The van der Waals surface area contributed by atoms with Crippen LogP contribution in [0.3, 0.4) is 0 Å². The molecule has 7 heteroatoms. The predicted molar refractivity (Wildman–Crippen MR) is 146 cm³/mol. The molecular formula is C30H31ClN4O2. The number of rotatable bonds is 7. The van der Waals surface area contributed by atoms with Gasteiger partial charge in [-0.3, -0.25) is 9.47 Å². The molecule has 1 aliphatic rings. The Bertz CT molecular complexity index is 1270. The molecule has 0 unspecified atom stereocenters. The number of ether oxygens (including phenoxy) is 1. The number of hydrogen-bond acceptors (Lipinski definition) is 4. The highest BCUT2D eigenvalue weighted by Crippen LogP contribution is 2.42. The summed E-state index contributed by atoms with van der Waals surface area (Å²) in [6, 6.07) is 29.3. The molecule has 1 amide bonds. The molecule has 190 valence electrons. The molecule has 37 heavy (non-hydrogen) atoms. The molecule has 5 rings (SSSR count). The van der Waals surface area contributed by atoms with Crippen LogP contribution in [0, 0.1) is 0 Å². The zero-order valence-electron chi connectivity index (χ0n) is 20.9. The fourth-order valence-corrected chi connectivity index (χ4v) is 5.37. The van der Waals surface area contributed by atoms with E-state index in [0.29, 0.717) is 24.0 Å². The summed E-state index contributed by atoms with van der Waals surface area (Å²) < 4.78 is 7.55. The van der Waals surface area contributed by atoms with Gasteiger partial charge in [0.1, 0.15) is 5.69 Å². The Morgan fingerprint density at radius 3 is 2.08 bits per heavy atom. The number of aromatic nitrogens is 2. The average Bonchev–Trinajstić information content (AvgIpc) is 3.31. The number of halogens is 1. The molecule has 6 nitrogen and oxygen atoms in total. The monoisotopic (exact) mass is 514 g/mol.